The summed E-state index contributed by atoms with van der Waals surface area (Å²) >= 11 is 0. The first-order valence-electron chi connectivity index (χ1n) is 6.23. The predicted molar refractivity (Wildman–Crippen MR) is 75.6 cm³/mol. The third-order valence-corrected chi connectivity index (χ3v) is 2.44. The minimum Gasteiger partial charge on any atom is -0.355 e. The zero-order valence-corrected chi connectivity index (χ0v) is 12.5. The molecule has 0 aromatic heterocycles. The Morgan fingerprint density at radius 1 is 1.28 bits per heavy atom. The number of carbonyl (C=O) groups excluding carboxylic acids is 2. The van der Waals surface area contributed by atoms with Crippen LogP contribution in [0.3, 0.4) is 0 Å². The molecule has 0 radical (unpaired) electrons. The number of halogens is 1. The fourth-order valence-electron chi connectivity index (χ4n) is 1.62. The smallest absolute Gasteiger partial charge is 0.239 e. The Kier molecular flexibility index (Phi) is 11.0. The van der Waals surface area contributed by atoms with Crippen LogP contribution in [-0.2, 0) is 9.59 Å². The first kappa shape index (κ1) is 19.5. The van der Waals surface area contributed by atoms with E-state index in [9.17, 15) is 9.59 Å². The zero-order chi connectivity index (χ0) is 13.4. The second-order valence-electron chi connectivity index (χ2n) is 4.54. The molecule has 0 unspecified atom stereocenters. The molecule has 1 atom stereocenters. The second kappa shape index (κ2) is 10.1. The van der Waals surface area contributed by atoms with Crippen molar-refractivity contribution in [2.24, 2.45) is 11.7 Å². The molecular weight excluding hydrogens is 254 g/mol. The third kappa shape index (κ3) is 7.50. The lowest BCUT2D eigenvalue weighted by Crippen LogP contribution is -2.48. The van der Waals surface area contributed by atoms with Crippen molar-refractivity contribution in [3.63, 3.8) is 0 Å². The van der Waals surface area contributed by atoms with E-state index in [4.69, 9.17) is 5.73 Å². The van der Waals surface area contributed by atoms with Crippen molar-refractivity contribution < 1.29 is 9.59 Å². The van der Waals surface area contributed by atoms with Gasteiger partial charge in [-0.2, -0.15) is 0 Å². The Bertz CT molecular complexity index is 260. The van der Waals surface area contributed by atoms with E-state index in [0.717, 1.165) is 0 Å². The van der Waals surface area contributed by atoms with Gasteiger partial charge in [0.2, 0.25) is 11.8 Å². The Labute approximate surface area is 116 Å². The first-order chi connectivity index (χ1) is 7.92. The highest BCUT2D eigenvalue weighted by Gasteiger charge is 2.22. The average Bonchev–Trinajstić information content (AvgIpc) is 2.24. The Balaban J connectivity index is 0. The van der Waals surface area contributed by atoms with Crippen LogP contribution in [0, 0.1) is 5.92 Å². The second-order valence-corrected chi connectivity index (χ2v) is 4.54. The van der Waals surface area contributed by atoms with Crippen LogP contribution in [0.5, 0.6) is 0 Å². The van der Waals surface area contributed by atoms with Gasteiger partial charge in [-0.25, -0.2) is 0 Å². The molecule has 0 spiro atoms. The van der Waals surface area contributed by atoms with Crippen LogP contribution in [0.2, 0.25) is 0 Å². The molecule has 0 aromatic rings. The molecule has 0 fully saturated rings. The van der Waals surface area contributed by atoms with E-state index >= 15 is 0 Å². The van der Waals surface area contributed by atoms with Gasteiger partial charge >= 0.3 is 0 Å². The van der Waals surface area contributed by atoms with Gasteiger partial charge in [0.05, 0.1) is 12.6 Å². The molecule has 0 aromatic carbocycles. The molecule has 0 rings (SSSR count). The molecule has 0 aliphatic rings. The van der Waals surface area contributed by atoms with Crippen LogP contribution in [0.25, 0.3) is 0 Å². The molecule has 2 amide bonds. The van der Waals surface area contributed by atoms with E-state index in [1.807, 2.05) is 27.7 Å². The standard InChI is InChI=1S/C12H25N3O2.ClH/c1-5-14-11(16)8-15(6-2)12(17)10(13)7-9(3)4;/h9-10H,5-8,13H2,1-4H3,(H,14,16);1H/t10-;/m0./s1. The maximum Gasteiger partial charge on any atom is 0.239 e. The van der Waals surface area contributed by atoms with Gasteiger partial charge in [0.25, 0.3) is 0 Å². The van der Waals surface area contributed by atoms with Crippen molar-refractivity contribution in [2.75, 3.05) is 19.6 Å². The molecule has 0 saturated heterocycles. The van der Waals surface area contributed by atoms with Crippen LogP contribution < -0.4 is 11.1 Å². The van der Waals surface area contributed by atoms with Crippen LogP contribution in [0.1, 0.15) is 34.1 Å². The van der Waals surface area contributed by atoms with Crippen LogP contribution in [0.15, 0.2) is 0 Å². The number of amides is 2. The molecule has 18 heavy (non-hydrogen) atoms. The van der Waals surface area contributed by atoms with Crippen molar-refractivity contribution in [3.8, 4) is 0 Å². The van der Waals surface area contributed by atoms with E-state index in [1.165, 1.54) is 4.90 Å². The first-order valence-corrected chi connectivity index (χ1v) is 6.23. The van der Waals surface area contributed by atoms with Crippen LogP contribution in [0.4, 0.5) is 0 Å². The molecule has 108 valence electrons. The summed E-state index contributed by atoms with van der Waals surface area (Å²) in [5, 5.41) is 2.67. The summed E-state index contributed by atoms with van der Waals surface area (Å²) in [6, 6.07) is -0.510. The predicted octanol–water partition coefficient (Wildman–Crippen LogP) is 0.766. The Hall–Kier alpha value is -0.810. The van der Waals surface area contributed by atoms with Crippen LogP contribution >= 0.6 is 12.4 Å². The lowest BCUT2D eigenvalue weighted by atomic mass is 10.0. The SMILES string of the molecule is CCNC(=O)CN(CC)C(=O)[C@@H](N)CC(C)C.Cl. The van der Waals surface area contributed by atoms with E-state index < -0.39 is 6.04 Å². The Morgan fingerprint density at radius 3 is 2.22 bits per heavy atom. The third-order valence-electron chi connectivity index (χ3n) is 2.44. The number of nitrogens with two attached hydrogens (primary N) is 1. The molecule has 0 bridgehead atoms. The largest absolute Gasteiger partial charge is 0.355 e. The number of hydrogen-bond donors (Lipinski definition) is 2. The van der Waals surface area contributed by atoms with E-state index in [-0.39, 0.29) is 30.8 Å². The quantitative estimate of drug-likeness (QED) is 0.723. The minimum atomic E-state index is -0.510. The molecular formula is C12H26ClN3O2. The Morgan fingerprint density at radius 2 is 1.83 bits per heavy atom. The van der Waals surface area contributed by atoms with Gasteiger partial charge in [0.1, 0.15) is 0 Å². The number of hydrogen-bond acceptors (Lipinski definition) is 3. The molecule has 5 nitrogen and oxygen atoms in total. The summed E-state index contributed by atoms with van der Waals surface area (Å²) in [5.74, 6) is 0.0871. The number of likely N-dealkylation sites (N-methyl/N-ethyl adjacent to an activating group) is 2. The van der Waals surface area contributed by atoms with Crippen molar-refractivity contribution in [2.45, 2.75) is 40.2 Å². The molecule has 6 heteroatoms. The number of nitrogens with one attached hydrogen (secondary N) is 1. The zero-order valence-electron chi connectivity index (χ0n) is 11.7. The number of nitrogens with zero attached hydrogens (tertiary/aromatic N) is 1. The summed E-state index contributed by atoms with van der Waals surface area (Å²) < 4.78 is 0. The van der Waals surface area contributed by atoms with Gasteiger partial charge in [-0.1, -0.05) is 13.8 Å². The van der Waals surface area contributed by atoms with Crippen molar-refractivity contribution in [1.82, 2.24) is 10.2 Å². The topological polar surface area (TPSA) is 75.4 Å². The highest BCUT2D eigenvalue weighted by molar-refractivity contribution is 5.87. The van der Waals surface area contributed by atoms with Gasteiger partial charge in [0, 0.05) is 13.1 Å². The van der Waals surface area contributed by atoms with E-state index in [0.29, 0.717) is 25.4 Å². The van der Waals surface area contributed by atoms with E-state index in [2.05, 4.69) is 5.32 Å². The number of rotatable bonds is 7. The summed E-state index contributed by atoms with van der Waals surface area (Å²) in [6.45, 7) is 8.90. The lowest BCUT2D eigenvalue weighted by molar-refractivity contribution is -0.137. The highest BCUT2D eigenvalue weighted by atomic mass is 35.5. The van der Waals surface area contributed by atoms with Gasteiger partial charge < -0.3 is 16.0 Å². The van der Waals surface area contributed by atoms with E-state index in [1.54, 1.807) is 0 Å². The molecule has 0 saturated carbocycles. The maximum atomic E-state index is 12.0. The molecule has 0 aliphatic carbocycles. The fraction of sp³-hybridized carbons (Fsp3) is 0.833. The van der Waals surface area contributed by atoms with Gasteiger partial charge in [-0.15, -0.1) is 12.4 Å². The van der Waals surface area contributed by atoms with Crippen molar-refractivity contribution in [1.29, 1.82) is 0 Å². The normalized spacial score (nSPS) is 11.7. The number of carbonyl (C=O) groups is 2. The maximum absolute atomic E-state index is 12.0. The van der Waals surface area contributed by atoms with Crippen molar-refractivity contribution in [3.05, 3.63) is 0 Å². The summed E-state index contributed by atoms with van der Waals surface area (Å²) in [5.41, 5.74) is 5.82. The molecule has 3 N–H and O–H groups in total. The highest BCUT2D eigenvalue weighted by Crippen LogP contribution is 2.05. The minimum absolute atomic E-state index is 0. The van der Waals surface area contributed by atoms with Gasteiger partial charge in [-0.05, 0) is 26.2 Å². The molecule has 0 heterocycles. The van der Waals surface area contributed by atoms with Crippen molar-refractivity contribution >= 4 is 24.2 Å². The van der Waals surface area contributed by atoms with Gasteiger partial charge in [0.15, 0.2) is 0 Å². The van der Waals surface area contributed by atoms with Gasteiger partial charge in [-0.3, -0.25) is 9.59 Å². The fourth-order valence-corrected chi connectivity index (χ4v) is 1.62. The summed E-state index contributed by atoms with van der Waals surface area (Å²) in [6.07, 6.45) is 0.644. The lowest BCUT2D eigenvalue weighted by Gasteiger charge is -2.24. The molecule has 0 aliphatic heterocycles. The summed E-state index contributed by atoms with van der Waals surface area (Å²) in [7, 11) is 0. The van der Waals surface area contributed by atoms with Crippen LogP contribution in [-0.4, -0.2) is 42.4 Å². The summed E-state index contributed by atoms with van der Waals surface area (Å²) in [4.78, 5) is 24.9. The average molecular weight is 280 g/mol. The monoisotopic (exact) mass is 279 g/mol.